The van der Waals surface area contributed by atoms with Gasteiger partial charge in [-0.25, -0.2) is 18.1 Å². The van der Waals surface area contributed by atoms with Gasteiger partial charge in [0.1, 0.15) is 4.90 Å². The number of hydrogen-bond donors (Lipinski definition) is 3. The summed E-state index contributed by atoms with van der Waals surface area (Å²) in [6.45, 7) is 0.633. The topological polar surface area (TPSA) is 133 Å². The quantitative estimate of drug-likeness (QED) is 0.621. The highest BCUT2D eigenvalue weighted by molar-refractivity contribution is 7.89. The number of nitrogens with two attached hydrogens (primary N) is 2. The molecule has 0 aliphatic rings. The first kappa shape index (κ1) is 15.0. The van der Waals surface area contributed by atoms with Crippen molar-refractivity contribution in [3.05, 3.63) is 42.5 Å². The smallest absolute Gasteiger partial charge is 0.248 e. The van der Waals surface area contributed by atoms with Crippen molar-refractivity contribution in [1.82, 2.24) is 14.3 Å². The Morgan fingerprint density at radius 1 is 1.38 bits per heavy atom. The molecule has 0 atom stereocenters. The molecule has 112 valence electrons. The summed E-state index contributed by atoms with van der Waals surface area (Å²) >= 11 is 0. The zero-order valence-electron chi connectivity index (χ0n) is 11.1. The van der Waals surface area contributed by atoms with Crippen molar-refractivity contribution >= 4 is 21.6 Å². The standard InChI is InChI=1S/C12H15N5O3S/c13-10-7-9(12(14)18)1-2-11(10)21(19,20)16-4-6-17-5-3-15-8-17/h1-3,5,7-8,16H,4,6,13H2,(H2,14,18). The monoisotopic (exact) mass is 309 g/mol. The molecular weight excluding hydrogens is 294 g/mol. The van der Waals surface area contributed by atoms with Crippen LogP contribution in [0.3, 0.4) is 0 Å². The molecule has 0 unspecified atom stereocenters. The Kier molecular flexibility index (Phi) is 4.24. The normalized spacial score (nSPS) is 11.4. The highest BCUT2D eigenvalue weighted by Crippen LogP contribution is 2.19. The number of aromatic nitrogens is 2. The molecule has 2 rings (SSSR count). The molecule has 0 aliphatic carbocycles. The van der Waals surface area contributed by atoms with Crippen LogP contribution >= 0.6 is 0 Å². The zero-order chi connectivity index (χ0) is 15.5. The van der Waals surface area contributed by atoms with E-state index in [9.17, 15) is 13.2 Å². The van der Waals surface area contributed by atoms with E-state index in [0.29, 0.717) is 6.54 Å². The second kappa shape index (κ2) is 5.94. The van der Waals surface area contributed by atoms with Crippen LogP contribution < -0.4 is 16.2 Å². The van der Waals surface area contributed by atoms with E-state index < -0.39 is 15.9 Å². The number of benzene rings is 1. The summed E-state index contributed by atoms with van der Waals surface area (Å²) in [5.41, 5.74) is 10.9. The van der Waals surface area contributed by atoms with E-state index in [0.717, 1.165) is 0 Å². The molecule has 1 amide bonds. The van der Waals surface area contributed by atoms with Crippen molar-refractivity contribution in [2.24, 2.45) is 5.73 Å². The molecule has 1 aromatic heterocycles. The molecule has 2 aromatic rings. The van der Waals surface area contributed by atoms with E-state index in [1.54, 1.807) is 23.3 Å². The van der Waals surface area contributed by atoms with Gasteiger partial charge in [-0.1, -0.05) is 0 Å². The number of hydrogen-bond acceptors (Lipinski definition) is 5. The lowest BCUT2D eigenvalue weighted by molar-refractivity contribution is 0.1000. The van der Waals surface area contributed by atoms with Crippen LogP contribution in [0.2, 0.25) is 0 Å². The molecule has 0 fully saturated rings. The van der Waals surface area contributed by atoms with Crippen LogP contribution in [0.25, 0.3) is 0 Å². The van der Waals surface area contributed by atoms with Crippen molar-refractivity contribution in [3.8, 4) is 0 Å². The van der Waals surface area contributed by atoms with Gasteiger partial charge in [0.15, 0.2) is 0 Å². The van der Waals surface area contributed by atoms with Gasteiger partial charge in [0.05, 0.1) is 12.0 Å². The number of nitrogen functional groups attached to an aromatic ring is 1. The Balaban J connectivity index is 2.10. The first-order chi connectivity index (χ1) is 9.90. The maximum atomic E-state index is 12.1. The fourth-order valence-electron chi connectivity index (χ4n) is 1.75. The number of rotatable bonds is 6. The van der Waals surface area contributed by atoms with Gasteiger partial charge in [0, 0.05) is 31.0 Å². The summed E-state index contributed by atoms with van der Waals surface area (Å²) in [6, 6.07) is 3.82. The average Bonchev–Trinajstić information content (AvgIpc) is 2.91. The van der Waals surface area contributed by atoms with Gasteiger partial charge in [-0.05, 0) is 18.2 Å². The van der Waals surface area contributed by atoms with E-state index in [2.05, 4.69) is 9.71 Å². The second-order valence-corrected chi connectivity index (χ2v) is 6.05. The SMILES string of the molecule is NC(=O)c1ccc(S(=O)(=O)NCCn2ccnc2)c(N)c1. The fraction of sp³-hybridized carbons (Fsp3) is 0.167. The molecule has 5 N–H and O–H groups in total. The maximum absolute atomic E-state index is 12.1. The van der Waals surface area contributed by atoms with Crippen molar-refractivity contribution in [2.45, 2.75) is 11.4 Å². The van der Waals surface area contributed by atoms with Crippen LogP contribution in [0.4, 0.5) is 5.69 Å². The minimum absolute atomic E-state index is 0.0265. The third-order valence-corrected chi connectivity index (χ3v) is 4.34. The number of nitrogens with zero attached hydrogens (tertiary/aromatic N) is 2. The molecule has 0 aliphatic heterocycles. The third-order valence-electron chi connectivity index (χ3n) is 2.81. The molecule has 1 aromatic carbocycles. The van der Waals surface area contributed by atoms with Crippen LogP contribution in [-0.4, -0.2) is 30.4 Å². The Labute approximate surface area is 121 Å². The number of nitrogens with one attached hydrogen (secondary N) is 1. The molecule has 0 bridgehead atoms. The highest BCUT2D eigenvalue weighted by atomic mass is 32.2. The van der Waals surface area contributed by atoms with E-state index in [1.165, 1.54) is 18.2 Å². The number of amides is 1. The average molecular weight is 309 g/mol. The molecule has 0 spiro atoms. The number of imidazole rings is 1. The molecule has 8 nitrogen and oxygen atoms in total. The number of anilines is 1. The number of sulfonamides is 1. The van der Waals surface area contributed by atoms with Crippen LogP contribution in [0.15, 0.2) is 41.8 Å². The van der Waals surface area contributed by atoms with Crippen molar-refractivity contribution in [1.29, 1.82) is 0 Å². The summed E-state index contributed by atoms with van der Waals surface area (Å²) in [6.07, 6.45) is 4.92. The minimum Gasteiger partial charge on any atom is -0.398 e. The third kappa shape index (κ3) is 3.58. The minimum atomic E-state index is -3.75. The van der Waals surface area contributed by atoms with E-state index in [4.69, 9.17) is 11.5 Å². The summed E-state index contributed by atoms with van der Waals surface area (Å²) < 4.78 is 28.4. The number of carbonyl (C=O) groups is 1. The van der Waals surface area contributed by atoms with Gasteiger partial charge in [-0.15, -0.1) is 0 Å². The van der Waals surface area contributed by atoms with Crippen molar-refractivity contribution in [3.63, 3.8) is 0 Å². The largest absolute Gasteiger partial charge is 0.398 e. The summed E-state index contributed by atoms with van der Waals surface area (Å²) in [4.78, 5) is 14.8. The van der Waals surface area contributed by atoms with Gasteiger partial charge in [0.2, 0.25) is 15.9 Å². The second-order valence-electron chi connectivity index (χ2n) is 4.32. The van der Waals surface area contributed by atoms with Crippen LogP contribution in [0, 0.1) is 0 Å². The van der Waals surface area contributed by atoms with Gasteiger partial charge in [-0.2, -0.15) is 0 Å². The Hall–Kier alpha value is -2.39. The predicted molar refractivity (Wildman–Crippen MR) is 76.8 cm³/mol. The summed E-state index contributed by atoms with van der Waals surface area (Å²) in [7, 11) is -3.75. The van der Waals surface area contributed by atoms with E-state index in [1.807, 2.05) is 0 Å². The lowest BCUT2D eigenvalue weighted by atomic mass is 10.2. The molecule has 21 heavy (non-hydrogen) atoms. The fourth-order valence-corrected chi connectivity index (χ4v) is 2.88. The molecule has 0 saturated carbocycles. The Morgan fingerprint density at radius 2 is 2.14 bits per heavy atom. The van der Waals surface area contributed by atoms with Crippen LogP contribution in [0.5, 0.6) is 0 Å². The van der Waals surface area contributed by atoms with Gasteiger partial charge in [-0.3, -0.25) is 4.79 Å². The molecule has 1 heterocycles. The highest BCUT2D eigenvalue weighted by Gasteiger charge is 2.17. The zero-order valence-corrected chi connectivity index (χ0v) is 11.9. The van der Waals surface area contributed by atoms with E-state index >= 15 is 0 Å². The molecular formula is C12H15N5O3S. The van der Waals surface area contributed by atoms with Crippen LogP contribution in [-0.2, 0) is 16.6 Å². The molecule has 9 heteroatoms. The van der Waals surface area contributed by atoms with E-state index in [-0.39, 0.29) is 22.7 Å². The summed E-state index contributed by atoms with van der Waals surface area (Å²) in [5.74, 6) is -0.668. The predicted octanol–water partition coefficient (Wildman–Crippen LogP) is -0.457. The van der Waals surface area contributed by atoms with Crippen LogP contribution in [0.1, 0.15) is 10.4 Å². The Bertz CT molecular complexity index is 740. The Morgan fingerprint density at radius 3 is 2.71 bits per heavy atom. The lowest BCUT2D eigenvalue weighted by Gasteiger charge is -2.10. The molecule has 0 saturated heterocycles. The lowest BCUT2D eigenvalue weighted by Crippen LogP contribution is -2.28. The first-order valence-corrected chi connectivity index (χ1v) is 7.53. The van der Waals surface area contributed by atoms with Gasteiger partial charge >= 0.3 is 0 Å². The number of primary amides is 1. The molecule has 0 radical (unpaired) electrons. The van der Waals surface area contributed by atoms with Crippen molar-refractivity contribution in [2.75, 3.05) is 12.3 Å². The first-order valence-electron chi connectivity index (χ1n) is 6.05. The van der Waals surface area contributed by atoms with Gasteiger partial charge in [0.25, 0.3) is 0 Å². The number of carbonyl (C=O) groups excluding carboxylic acids is 1. The van der Waals surface area contributed by atoms with Gasteiger partial charge < -0.3 is 16.0 Å². The van der Waals surface area contributed by atoms with Crippen molar-refractivity contribution < 1.29 is 13.2 Å². The maximum Gasteiger partial charge on any atom is 0.248 e. The summed E-state index contributed by atoms with van der Waals surface area (Å²) in [5, 5.41) is 0.